The van der Waals surface area contributed by atoms with Crippen molar-refractivity contribution in [3.05, 3.63) is 102 Å². The van der Waals surface area contributed by atoms with Gasteiger partial charge in [-0.05, 0) is 47.4 Å². The Balaban J connectivity index is 2.04. The number of hydrogen-bond donors (Lipinski definition) is 1. The molecule has 1 atom stereocenters. The number of nitrogens with zero attached hydrogens (tertiary/aromatic N) is 2. The Morgan fingerprint density at radius 1 is 0.872 bits per heavy atom. The Labute approximate surface area is 228 Å². The summed E-state index contributed by atoms with van der Waals surface area (Å²) in [7, 11) is -4.00. The zero-order valence-corrected chi connectivity index (χ0v) is 23.0. The first-order chi connectivity index (χ1) is 18.4. The lowest BCUT2D eigenvalue weighted by molar-refractivity contribution is -0.140. The minimum Gasteiger partial charge on any atom is -0.354 e. The van der Waals surface area contributed by atoms with Gasteiger partial charge in [0.1, 0.15) is 24.2 Å². The van der Waals surface area contributed by atoms with Crippen molar-refractivity contribution in [2.45, 2.75) is 32.9 Å². The third-order valence-electron chi connectivity index (χ3n) is 6.00. The van der Waals surface area contributed by atoms with Gasteiger partial charge in [0.05, 0.1) is 11.9 Å². The number of carbonyl (C=O) groups excluding carboxylic acids is 2. The Kier molecular flexibility index (Phi) is 10.2. The van der Waals surface area contributed by atoms with E-state index in [4.69, 9.17) is 0 Å². The number of rotatable bonds is 12. The molecule has 3 aromatic carbocycles. The molecule has 2 amide bonds. The maximum absolute atomic E-state index is 14.0. The van der Waals surface area contributed by atoms with Crippen LogP contribution in [0.2, 0.25) is 0 Å². The molecule has 0 saturated heterocycles. The molecule has 10 heteroatoms. The Hall–Kier alpha value is -3.79. The monoisotopic (exact) mass is 557 g/mol. The summed E-state index contributed by atoms with van der Waals surface area (Å²) in [6.45, 7) is 3.52. The number of sulfonamides is 1. The topological polar surface area (TPSA) is 86.8 Å². The molecule has 0 heterocycles. The molecule has 7 nitrogen and oxygen atoms in total. The van der Waals surface area contributed by atoms with Crippen LogP contribution in [0.15, 0.2) is 78.9 Å². The second-order valence-electron chi connectivity index (χ2n) is 9.74. The number of halogens is 2. The van der Waals surface area contributed by atoms with Crippen LogP contribution in [0, 0.1) is 17.6 Å². The second-order valence-corrected chi connectivity index (χ2v) is 11.6. The third-order valence-corrected chi connectivity index (χ3v) is 7.14. The molecule has 39 heavy (non-hydrogen) atoms. The van der Waals surface area contributed by atoms with Crippen molar-refractivity contribution >= 4 is 27.5 Å². The van der Waals surface area contributed by atoms with Crippen LogP contribution < -0.4 is 9.62 Å². The summed E-state index contributed by atoms with van der Waals surface area (Å²) in [5, 5.41) is 2.88. The SMILES string of the molecule is CC(C)CNC(=O)C(Cc1ccccc1)N(Cc1ccc(F)cc1)C(=O)CN(c1cccc(F)c1)S(C)(=O)=O. The van der Waals surface area contributed by atoms with Gasteiger partial charge in [0.2, 0.25) is 21.8 Å². The van der Waals surface area contributed by atoms with E-state index in [0.717, 1.165) is 22.2 Å². The van der Waals surface area contributed by atoms with Gasteiger partial charge in [-0.3, -0.25) is 13.9 Å². The minimum absolute atomic E-state index is 0.0172. The molecule has 0 saturated carbocycles. The van der Waals surface area contributed by atoms with E-state index in [-0.39, 0.29) is 24.6 Å². The fourth-order valence-corrected chi connectivity index (χ4v) is 4.85. The van der Waals surface area contributed by atoms with Gasteiger partial charge in [-0.25, -0.2) is 17.2 Å². The molecule has 1 unspecified atom stereocenters. The molecule has 3 aromatic rings. The van der Waals surface area contributed by atoms with Gasteiger partial charge < -0.3 is 10.2 Å². The van der Waals surface area contributed by atoms with Crippen LogP contribution in [0.1, 0.15) is 25.0 Å². The molecule has 0 aliphatic rings. The minimum atomic E-state index is -4.00. The standard InChI is InChI=1S/C29H33F2N3O4S/c1-21(2)18-32-29(36)27(16-22-8-5-4-6-9-22)33(19-23-12-14-24(30)15-13-23)28(35)20-34(39(3,37)38)26-11-7-10-25(31)17-26/h4-15,17,21,27H,16,18-20H2,1-3H3,(H,32,36). The van der Waals surface area contributed by atoms with E-state index in [1.807, 2.05) is 44.2 Å². The van der Waals surface area contributed by atoms with Crippen molar-refractivity contribution in [1.29, 1.82) is 0 Å². The Bertz CT molecular complexity index is 1370. The molecular formula is C29H33F2N3O4S. The average molecular weight is 558 g/mol. The van der Waals surface area contributed by atoms with E-state index in [1.54, 1.807) is 0 Å². The maximum atomic E-state index is 14.0. The van der Waals surface area contributed by atoms with E-state index in [2.05, 4.69) is 5.32 Å². The molecule has 0 aromatic heterocycles. The highest BCUT2D eigenvalue weighted by atomic mass is 32.2. The highest BCUT2D eigenvalue weighted by molar-refractivity contribution is 7.92. The summed E-state index contributed by atoms with van der Waals surface area (Å²) in [6.07, 6.45) is 1.09. The fourth-order valence-electron chi connectivity index (χ4n) is 4.01. The Morgan fingerprint density at radius 3 is 2.13 bits per heavy atom. The van der Waals surface area contributed by atoms with Gasteiger partial charge in [-0.2, -0.15) is 0 Å². The first kappa shape index (κ1) is 29.8. The molecular weight excluding hydrogens is 524 g/mol. The smallest absolute Gasteiger partial charge is 0.244 e. The molecule has 1 N–H and O–H groups in total. The van der Waals surface area contributed by atoms with E-state index < -0.39 is 46.1 Å². The maximum Gasteiger partial charge on any atom is 0.244 e. The van der Waals surface area contributed by atoms with Gasteiger partial charge >= 0.3 is 0 Å². The molecule has 0 aliphatic carbocycles. The first-order valence-corrected chi connectivity index (χ1v) is 14.4. The average Bonchev–Trinajstić information content (AvgIpc) is 2.88. The predicted molar refractivity (Wildman–Crippen MR) is 147 cm³/mol. The van der Waals surface area contributed by atoms with Crippen molar-refractivity contribution in [2.24, 2.45) is 5.92 Å². The van der Waals surface area contributed by atoms with Gasteiger partial charge in [0.15, 0.2) is 0 Å². The van der Waals surface area contributed by atoms with E-state index >= 15 is 0 Å². The molecule has 0 aliphatic heterocycles. The Morgan fingerprint density at radius 2 is 1.54 bits per heavy atom. The van der Waals surface area contributed by atoms with Crippen LogP contribution in [0.3, 0.4) is 0 Å². The highest BCUT2D eigenvalue weighted by Gasteiger charge is 2.33. The summed E-state index contributed by atoms with van der Waals surface area (Å²) in [6, 6.07) is 18.6. The van der Waals surface area contributed by atoms with E-state index in [1.165, 1.54) is 47.4 Å². The van der Waals surface area contributed by atoms with Crippen molar-refractivity contribution in [3.63, 3.8) is 0 Å². The number of anilines is 1. The van der Waals surface area contributed by atoms with Gasteiger partial charge in [0.25, 0.3) is 0 Å². The molecule has 208 valence electrons. The lowest BCUT2D eigenvalue weighted by atomic mass is 10.0. The normalized spacial score (nSPS) is 12.2. The summed E-state index contributed by atoms with van der Waals surface area (Å²) < 4.78 is 53.7. The predicted octanol–water partition coefficient (Wildman–Crippen LogP) is 4.14. The lowest BCUT2D eigenvalue weighted by Gasteiger charge is -2.33. The van der Waals surface area contributed by atoms with Crippen molar-refractivity contribution in [1.82, 2.24) is 10.2 Å². The molecule has 0 fully saturated rings. The lowest BCUT2D eigenvalue weighted by Crippen LogP contribution is -2.53. The van der Waals surface area contributed by atoms with Crippen LogP contribution in [0.4, 0.5) is 14.5 Å². The fraction of sp³-hybridized carbons (Fsp3) is 0.310. The quantitative estimate of drug-likeness (QED) is 0.363. The number of carbonyl (C=O) groups is 2. The van der Waals surface area contributed by atoms with Gasteiger partial charge in [-0.15, -0.1) is 0 Å². The van der Waals surface area contributed by atoms with E-state index in [0.29, 0.717) is 12.1 Å². The summed E-state index contributed by atoms with van der Waals surface area (Å²) in [5.41, 5.74) is 1.33. The number of nitrogens with one attached hydrogen (secondary N) is 1. The zero-order chi connectivity index (χ0) is 28.6. The third kappa shape index (κ3) is 8.88. The van der Waals surface area contributed by atoms with Crippen LogP contribution in [-0.2, 0) is 32.6 Å². The van der Waals surface area contributed by atoms with Gasteiger partial charge in [-0.1, -0.05) is 62.4 Å². The van der Waals surface area contributed by atoms with Crippen LogP contribution >= 0.6 is 0 Å². The number of hydrogen-bond acceptors (Lipinski definition) is 4. The molecule has 0 spiro atoms. The molecule has 0 bridgehead atoms. The summed E-state index contributed by atoms with van der Waals surface area (Å²) >= 11 is 0. The zero-order valence-electron chi connectivity index (χ0n) is 22.2. The summed E-state index contributed by atoms with van der Waals surface area (Å²) in [5.74, 6) is -2.04. The molecule has 0 radical (unpaired) electrons. The van der Waals surface area contributed by atoms with E-state index in [9.17, 15) is 26.8 Å². The van der Waals surface area contributed by atoms with Crippen LogP contribution in [0.5, 0.6) is 0 Å². The van der Waals surface area contributed by atoms with Crippen molar-refractivity contribution in [3.8, 4) is 0 Å². The summed E-state index contributed by atoms with van der Waals surface area (Å²) in [4.78, 5) is 28.7. The number of benzene rings is 3. The van der Waals surface area contributed by atoms with Gasteiger partial charge in [0, 0.05) is 19.5 Å². The largest absolute Gasteiger partial charge is 0.354 e. The van der Waals surface area contributed by atoms with Crippen LogP contribution in [-0.4, -0.2) is 50.5 Å². The van der Waals surface area contributed by atoms with Crippen LogP contribution in [0.25, 0.3) is 0 Å². The first-order valence-electron chi connectivity index (χ1n) is 12.5. The molecule has 3 rings (SSSR count). The second kappa shape index (κ2) is 13.3. The highest BCUT2D eigenvalue weighted by Crippen LogP contribution is 2.21. The van der Waals surface area contributed by atoms with Crippen molar-refractivity contribution in [2.75, 3.05) is 23.7 Å². The van der Waals surface area contributed by atoms with Crippen molar-refractivity contribution < 1.29 is 26.8 Å². The number of amides is 2.